The molecule has 0 bridgehead atoms. The van der Waals surface area contributed by atoms with Gasteiger partial charge in [0.25, 0.3) is 0 Å². The first-order valence-electron chi connectivity index (χ1n) is 18.9. The Morgan fingerprint density at radius 3 is 1.79 bits per heavy atom. The van der Waals surface area contributed by atoms with Crippen molar-refractivity contribution in [2.45, 2.75) is 109 Å². The lowest BCUT2D eigenvalue weighted by molar-refractivity contribution is 0.373. The van der Waals surface area contributed by atoms with Crippen LogP contribution in [0.15, 0.2) is 32.3 Å². The first kappa shape index (κ1) is 34.3. The van der Waals surface area contributed by atoms with Crippen LogP contribution in [0, 0.1) is 0 Å². The second kappa shape index (κ2) is 13.3. The maximum Gasteiger partial charge on any atom is 0.194 e. The summed E-state index contributed by atoms with van der Waals surface area (Å²) in [7, 11) is 4.52. The molecule has 9 heteroatoms. The van der Waals surface area contributed by atoms with Gasteiger partial charge in [-0.15, -0.1) is 0 Å². The van der Waals surface area contributed by atoms with E-state index < -0.39 is 11.3 Å². The van der Waals surface area contributed by atoms with Crippen LogP contribution >= 0.6 is 0 Å². The highest BCUT2D eigenvalue weighted by Crippen LogP contribution is 2.58. The van der Waals surface area contributed by atoms with Crippen LogP contribution in [0.25, 0.3) is 49.2 Å². The van der Waals surface area contributed by atoms with Gasteiger partial charge in [-0.25, -0.2) is 0 Å². The number of phenols is 2. The number of fused-ring (bicyclic) bond motifs is 1. The number of anilines is 1. The molecule has 0 spiro atoms. The number of allylic oxidation sites excluding steroid dienone is 1. The summed E-state index contributed by atoms with van der Waals surface area (Å²) >= 11 is 0. The Bertz CT molecular complexity index is 2400. The second-order valence-electron chi connectivity index (χ2n) is 15.2. The lowest BCUT2D eigenvalue weighted by Crippen LogP contribution is -2.19. The van der Waals surface area contributed by atoms with E-state index in [0.29, 0.717) is 43.6 Å². The number of aliphatic imine (C=N–C) groups is 1. The van der Waals surface area contributed by atoms with Crippen molar-refractivity contribution >= 4 is 60.6 Å². The summed E-state index contributed by atoms with van der Waals surface area (Å²) in [6.45, 7) is 4.11. The molecule has 2 saturated carbocycles. The van der Waals surface area contributed by atoms with Crippen molar-refractivity contribution in [3.05, 3.63) is 49.3 Å². The lowest BCUT2D eigenvalue weighted by atomic mass is 9.80. The molecule has 0 amide bonds. The zero-order valence-electron chi connectivity index (χ0n) is 30.8. The Morgan fingerprint density at radius 2 is 1.23 bits per heavy atom. The molecule has 52 heavy (non-hydrogen) atoms. The van der Waals surface area contributed by atoms with Crippen LogP contribution in [0.5, 0.6) is 28.7 Å². The van der Waals surface area contributed by atoms with E-state index in [1.54, 1.807) is 0 Å². The van der Waals surface area contributed by atoms with Gasteiger partial charge in [-0.3, -0.25) is 14.6 Å². The molecule has 1 atom stereocenters. The summed E-state index contributed by atoms with van der Waals surface area (Å²) in [5.41, 5.74) is 2.93. The molecule has 5 aromatic carbocycles. The molecule has 3 aliphatic carbocycles. The average molecular weight is 705 g/mol. The van der Waals surface area contributed by atoms with Crippen LogP contribution in [0.2, 0.25) is 0 Å². The molecule has 0 radical (unpaired) electrons. The molecule has 9 nitrogen and oxygen atoms in total. The van der Waals surface area contributed by atoms with Gasteiger partial charge in [-0.1, -0.05) is 63.0 Å². The summed E-state index contributed by atoms with van der Waals surface area (Å²) in [5.74, 6) is -0.0223. The van der Waals surface area contributed by atoms with Crippen LogP contribution in [0.1, 0.15) is 108 Å². The van der Waals surface area contributed by atoms with E-state index >= 15 is 0 Å². The molecule has 8 rings (SSSR count). The number of nitrogens with zero attached hydrogens (tertiary/aromatic N) is 1. The fraction of sp³-hybridized carbons (Fsp3) is 0.465. The Balaban J connectivity index is 1.63. The molecule has 5 aromatic rings. The van der Waals surface area contributed by atoms with E-state index in [4.69, 9.17) is 19.2 Å². The van der Waals surface area contributed by atoms with Gasteiger partial charge in [0, 0.05) is 73.9 Å². The summed E-state index contributed by atoms with van der Waals surface area (Å²) in [6.07, 6.45) is 15.2. The Kier molecular flexibility index (Phi) is 8.79. The van der Waals surface area contributed by atoms with Gasteiger partial charge in [-0.2, -0.15) is 0 Å². The van der Waals surface area contributed by atoms with Crippen LogP contribution in [-0.2, 0) is 0 Å². The number of hydrogen-bond acceptors (Lipinski definition) is 9. The van der Waals surface area contributed by atoms with Crippen molar-refractivity contribution in [3.63, 3.8) is 0 Å². The highest BCUT2D eigenvalue weighted by molar-refractivity contribution is 6.40. The van der Waals surface area contributed by atoms with E-state index in [9.17, 15) is 19.8 Å². The lowest BCUT2D eigenvalue weighted by Gasteiger charge is -2.27. The van der Waals surface area contributed by atoms with Crippen molar-refractivity contribution in [2.75, 3.05) is 26.6 Å². The molecule has 3 N–H and O–H groups in total. The van der Waals surface area contributed by atoms with E-state index in [1.807, 2.05) is 0 Å². The maximum absolute atomic E-state index is 14.2. The van der Waals surface area contributed by atoms with Crippen LogP contribution < -0.4 is 30.4 Å². The minimum absolute atomic E-state index is 0.103. The van der Waals surface area contributed by atoms with E-state index in [-0.39, 0.29) is 57.0 Å². The van der Waals surface area contributed by atoms with Gasteiger partial charge in [0.15, 0.2) is 28.1 Å². The van der Waals surface area contributed by atoms with Gasteiger partial charge in [0.2, 0.25) is 0 Å². The number of benzene rings is 5. The first-order chi connectivity index (χ1) is 25.2. The molecule has 1 unspecified atom stereocenters. The molecule has 2 fully saturated rings. The third-order valence-corrected chi connectivity index (χ3v) is 12.1. The van der Waals surface area contributed by atoms with Gasteiger partial charge < -0.3 is 29.7 Å². The Labute approximate surface area is 303 Å². The molecule has 3 aliphatic rings. The predicted molar refractivity (Wildman–Crippen MR) is 210 cm³/mol. The van der Waals surface area contributed by atoms with Crippen molar-refractivity contribution < 1.29 is 24.4 Å². The van der Waals surface area contributed by atoms with Crippen molar-refractivity contribution in [2.24, 2.45) is 4.99 Å². The SMILES string of the molecule is COc1c(O)c2c(=O)cc(OC)c3c4c(OC)cc(=O)c5c(O)c(NC6CCCCCC6)c6c(c(c1C(C(C)=NC1CCCCCC1)C(C)=C6)c23)c54. The Morgan fingerprint density at radius 1 is 0.692 bits per heavy atom. The van der Waals surface area contributed by atoms with E-state index in [0.717, 1.165) is 68.2 Å². The monoisotopic (exact) mass is 704 g/mol. The van der Waals surface area contributed by atoms with Gasteiger partial charge in [0.05, 0.1) is 37.8 Å². The highest BCUT2D eigenvalue weighted by atomic mass is 16.5. The summed E-state index contributed by atoms with van der Waals surface area (Å²) in [6, 6.07) is 3.04. The predicted octanol–water partition coefficient (Wildman–Crippen LogP) is 9.15. The molecular formula is C43H48N2O7. The smallest absolute Gasteiger partial charge is 0.194 e. The largest absolute Gasteiger partial charge is 0.505 e. The zero-order valence-corrected chi connectivity index (χ0v) is 30.8. The molecule has 0 aromatic heterocycles. The number of hydrogen-bond donors (Lipinski definition) is 3. The standard InChI is InChI=1S/C43H48N2O7/c1-21-18-25-31-36-32(41(48)40(25)45-24-16-12-8-9-13-17-24)26(46)19-28(50-3)34(36)35-29(51-4)20-27(47)33-38(35)37(31)39(43(52-5)42(33)49)30(21)22(2)44-23-14-10-6-7-11-15-23/h18-20,23-24,30,45,48-49H,6-17H2,1-5H3. The normalized spacial score (nSPS) is 19.3. The molecule has 0 aliphatic heterocycles. The number of phenolic OH excluding ortho intramolecular Hbond substituents is 2. The van der Waals surface area contributed by atoms with Crippen molar-refractivity contribution in [3.8, 4) is 28.7 Å². The van der Waals surface area contributed by atoms with Crippen molar-refractivity contribution in [1.82, 2.24) is 0 Å². The number of aromatic hydroxyl groups is 2. The zero-order chi connectivity index (χ0) is 36.4. The van der Waals surface area contributed by atoms with Crippen LogP contribution in [-0.4, -0.2) is 49.3 Å². The van der Waals surface area contributed by atoms with E-state index in [1.165, 1.54) is 59.1 Å². The molecule has 0 saturated heterocycles. The summed E-state index contributed by atoms with van der Waals surface area (Å²) in [5, 5.41) is 31.9. The third kappa shape index (κ3) is 5.13. The molecular weight excluding hydrogens is 656 g/mol. The second-order valence-corrected chi connectivity index (χ2v) is 15.2. The van der Waals surface area contributed by atoms with Crippen molar-refractivity contribution in [1.29, 1.82) is 0 Å². The van der Waals surface area contributed by atoms with Gasteiger partial charge in [0.1, 0.15) is 11.5 Å². The highest BCUT2D eigenvalue weighted by Gasteiger charge is 2.37. The minimum atomic E-state index is -0.438. The quantitative estimate of drug-likeness (QED) is 0.0504. The number of ether oxygens (including phenoxy) is 3. The Hall–Kier alpha value is -4.79. The minimum Gasteiger partial charge on any atom is -0.505 e. The third-order valence-electron chi connectivity index (χ3n) is 12.1. The average Bonchev–Trinajstić information content (AvgIpc) is 3.60. The van der Waals surface area contributed by atoms with Crippen LogP contribution in [0.3, 0.4) is 0 Å². The topological polar surface area (TPSA) is 127 Å². The maximum atomic E-state index is 14.2. The number of nitrogens with one attached hydrogen (secondary N) is 1. The van der Waals surface area contributed by atoms with Gasteiger partial charge in [-0.05, 0) is 44.9 Å². The van der Waals surface area contributed by atoms with Crippen LogP contribution in [0.4, 0.5) is 5.69 Å². The fourth-order valence-corrected chi connectivity index (χ4v) is 9.81. The molecule has 272 valence electrons. The first-order valence-corrected chi connectivity index (χ1v) is 18.9. The fourth-order valence-electron chi connectivity index (χ4n) is 9.81. The van der Waals surface area contributed by atoms with Gasteiger partial charge >= 0.3 is 0 Å². The number of rotatable bonds is 7. The molecule has 0 heterocycles. The summed E-state index contributed by atoms with van der Waals surface area (Å²) < 4.78 is 17.9. The van der Waals surface area contributed by atoms with E-state index in [2.05, 4.69) is 25.2 Å². The summed E-state index contributed by atoms with van der Waals surface area (Å²) in [4.78, 5) is 33.7. The number of methoxy groups -OCH3 is 3.